The number of hydrogen-bond donors (Lipinski definition) is 1. The van der Waals surface area contributed by atoms with Gasteiger partial charge >= 0.3 is 5.97 Å². The van der Waals surface area contributed by atoms with E-state index in [2.05, 4.69) is 45.7 Å². The molecule has 1 N–H and O–H groups in total. The summed E-state index contributed by atoms with van der Waals surface area (Å²) >= 11 is 0. The quantitative estimate of drug-likeness (QED) is 0.348. The van der Waals surface area contributed by atoms with E-state index < -0.39 is 5.97 Å². The minimum Gasteiger partial charge on any atom is -0.506 e. The number of allylic oxidation sites excluding steroid dienone is 2. The number of aromatic nitrogens is 6. The first-order valence-electron chi connectivity index (χ1n) is 9.89. The van der Waals surface area contributed by atoms with Crippen molar-refractivity contribution in [3.8, 4) is 0 Å². The number of aliphatic hydroxyl groups is 1. The molecule has 0 aromatic carbocycles. The summed E-state index contributed by atoms with van der Waals surface area (Å²) in [6, 6.07) is 3.01. The number of aliphatic hydroxyl groups excluding tert-OH is 1. The molecule has 4 rings (SSSR count). The number of rotatable bonds is 4. The molecule has 0 aliphatic carbocycles. The number of ketones is 1. The fourth-order valence-corrected chi connectivity index (χ4v) is 2.42. The lowest BCUT2D eigenvalue weighted by Crippen LogP contribution is -2.03. The summed E-state index contributed by atoms with van der Waals surface area (Å²) in [6.45, 7) is 4.12. The first-order chi connectivity index (χ1) is 16.4. The fourth-order valence-electron chi connectivity index (χ4n) is 2.42. The van der Waals surface area contributed by atoms with Crippen LogP contribution in [0.15, 0.2) is 73.0 Å². The van der Waals surface area contributed by atoms with E-state index >= 15 is 0 Å². The largest absolute Gasteiger partial charge is 0.506 e. The highest BCUT2D eigenvalue weighted by molar-refractivity contribution is 6.02. The highest BCUT2D eigenvalue weighted by atomic mass is 16.5. The molecule has 0 fully saturated rings. The molecule has 3 aromatic heterocycles. The number of aliphatic imine (C=N–C) groups is 1. The zero-order chi connectivity index (χ0) is 24.8. The Kier molecular flexibility index (Phi) is 10.3. The fraction of sp³-hybridized carbons (Fsp3) is 0.174. The van der Waals surface area contributed by atoms with Crippen LogP contribution in [0.1, 0.15) is 35.6 Å². The van der Waals surface area contributed by atoms with Gasteiger partial charge in [0.05, 0.1) is 13.7 Å². The third-order valence-corrected chi connectivity index (χ3v) is 3.97. The molecule has 11 nitrogen and oxygen atoms in total. The van der Waals surface area contributed by atoms with Crippen LogP contribution in [0.25, 0.3) is 11.3 Å². The van der Waals surface area contributed by atoms with Gasteiger partial charge in [-0.1, -0.05) is 0 Å². The summed E-state index contributed by atoms with van der Waals surface area (Å²) in [4.78, 5) is 48.1. The van der Waals surface area contributed by atoms with Gasteiger partial charge in [-0.15, -0.1) is 0 Å². The second kappa shape index (κ2) is 13.7. The van der Waals surface area contributed by atoms with Crippen LogP contribution in [0.2, 0.25) is 0 Å². The van der Waals surface area contributed by atoms with Crippen LogP contribution in [0.5, 0.6) is 0 Å². The maximum Gasteiger partial charge on any atom is 0.356 e. The molecular weight excluding hydrogens is 438 g/mol. The number of esters is 1. The average Bonchev–Trinajstić information content (AvgIpc) is 3.32. The van der Waals surface area contributed by atoms with Gasteiger partial charge in [-0.2, -0.15) is 0 Å². The van der Waals surface area contributed by atoms with Crippen LogP contribution in [0.3, 0.4) is 0 Å². The molecule has 1 aliphatic heterocycles. The second-order valence-corrected chi connectivity index (χ2v) is 6.58. The molecule has 0 radical (unpaired) electrons. The maximum absolute atomic E-state index is 10.7. The normalized spacial score (nSPS) is 12.1. The van der Waals surface area contributed by atoms with Crippen LogP contribution in [0, 0.1) is 0 Å². The molecule has 1 aliphatic rings. The second-order valence-electron chi connectivity index (χ2n) is 6.58. The van der Waals surface area contributed by atoms with E-state index in [1.807, 2.05) is 19.3 Å². The first kappa shape index (κ1) is 25.6. The topological polar surface area (TPSA) is 153 Å². The average molecular weight is 461 g/mol. The predicted octanol–water partition coefficient (Wildman–Crippen LogP) is 2.56. The van der Waals surface area contributed by atoms with Crippen molar-refractivity contribution < 1.29 is 19.4 Å². The van der Waals surface area contributed by atoms with Crippen molar-refractivity contribution in [2.45, 2.75) is 13.8 Å². The van der Waals surface area contributed by atoms with Gasteiger partial charge in [-0.05, 0) is 37.6 Å². The zero-order valence-corrected chi connectivity index (χ0v) is 18.9. The van der Waals surface area contributed by atoms with Crippen LogP contribution < -0.4 is 0 Å². The first-order valence-corrected chi connectivity index (χ1v) is 9.89. The number of carbonyl (C=O) groups is 2. The van der Waals surface area contributed by atoms with E-state index in [1.54, 1.807) is 0 Å². The van der Waals surface area contributed by atoms with Gasteiger partial charge < -0.3 is 9.84 Å². The predicted molar refractivity (Wildman–Crippen MR) is 125 cm³/mol. The third-order valence-electron chi connectivity index (χ3n) is 3.97. The van der Waals surface area contributed by atoms with E-state index in [0.717, 1.165) is 23.9 Å². The summed E-state index contributed by atoms with van der Waals surface area (Å²) in [6.07, 6.45) is 13.9. The molecule has 0 unspecified atom stereocenters. The highest BCUT2D eigenvalue weighted by Crippen LogP contribution is 2.16. The Morgan fingerprint density at radius 3 is 2.06 bits per heavy atom. The van der Waals surface area contributed by atoms with Gasteiger partial charge in [0.15, 0.2) is 11.5 Å². The molecule has 0 saturated carbocycles. The molecule has 174 valence electrons. The Hall–Kier alpha value is -4.67. The number of nitrogens with zero attached hydrogens (tertiary/aromatic N) is 7. The lowest BCUT2D eigenvalue weighted by molar-refractivity contribution is -0.112. The van der Waals surface area contributed by atoms with Crippen LogP contribution in [-0.2, 0) is 9.53 Å². The third kappa shape index (κ3) is 8.83. The lowest BCUT2D eigenvalue weighted by atomic mass is 10.1. The van der Waals surface area contributed by atoms with Crippen molar-refractivity contribution >= 4 is 28.8 Å². The molecule has 0 saturated heterocycles. The van der Waals surface area contributed by atoms with Crippen LogP contribution in [-0.4, -0.2) is 66.1 Å². The number of hydrogen-bond acceptors (Lipinski definition) is 11. The van der Waals surface area contributed by atoms with Gasteiger partial charge in [0.2, 0.25) is 0 Å². The smallest absolute Gasteiger partial charge is 0.356 e. The monoisotopic (exact) mass is 461 g/mol. The van der Waals surface area contributed by atoms with E-state index in [4.69, 9.17) is 0 Å². The molecule has 11 heteroatoms. The van der Waals surface area contributed by atoms with Crippen molar-refractivity contribution in [3.63, 3.8) is 0 Å². The Balaban J connectivity index is 0.000000181. The Labute approximate surface area is 196 Å². The van der Waals surface area contributed by atoms with Gasteiger partial charge in [-0.3, -0.25) is 9.79 Å². The minimum atomic E-state index is -0.442. The van der Waals surface area contributed by atoms with Gasteiger partial charge in [0, 0.05) is 42.1 Å². The number of ether oxygens (including phenoxy) is 1. The van der Waals surface area contributed by atoms with E-state index in [1.165, 1.54) is 63.1 Å². The Morgan fingerprint density at radius 1 is 0.971 bits per heavy atom. The number of methoxy groups -OCH3 is 1. The SMILES string of the molecule is CC(=O)C=C(O)c1ccncn1.CC1=NCC(c2cncnc2)=C1.COC(=O)c1ccncn1. The van der Waals surface area contributed by atoms with Crippen LogP contribution >= 0.6 is 0 Å². The van der Waals surface area contributed by atoms with Crippen molar-refractivity contribution in [2.24, 2.45) is 4.99 Å². The molecule has 0 atom stereocenters. The summed E-state index contributed by atoms with van der Waals surface area (Å²) < 4.78 is 4.41. The molecule has 34 heavy (non-hydrogen) atoms. The Morgan fingerprint density at radius 2 is 1.59 bits per heavy atom. The van der Waals surface area contributed by atoms with E-state index in [9.17, 15) is 14.7 Å². The molecular formula is C23H23N7O4. The van der Waals surface area contributed by atoms with Crippen molar-refractivity contribution in [1.82, 2.24) is 29.9 Å². The zero-order valence-electron chi connectivity index (χ0n) is 18.9. The highest BCUT2D eigenvalue weighted by Gasteiger charge is 2.06. The lowest BCUT2D eigenvalue weighted by Gasteiger charge is -1.96. The van der Waals surface area contributed by atoms with Crippen LogP contribution in [0.4, 0.5) is 0 Å². The van der Waals surface area contributed by atoms with Crippen molar-refractivity contribution in [2.75, 3.05) is 13.7 Å². The Bertz CT molecular complexity index is 1120. The molecule has 0 amide bonds. The molecule has 4 heterocycles. The van der Waals surface area contributed by atoms with Gasteiger partial charge in [0.25, 0.3) is 0 Å². The summed E-state index contributed by atoms with van der Waals surface area (Å²) in [5.74, 6) is -0.793. The molecule has 0 bridgehead atoms. The van der Waals surface area contributed by atoms with Crippen molar-refractivity contribution in [1.29, 1.82) is 0 Å². The van der Waals surface area contributed by atoms with E-state index in [0.29, 0.717) is 5.69 Å². The maximum atomic E-state index is 10.7. The van der Waals surface area contributed by atoms with Crippen molar-refractivity contribution in [3.05, 3.63) is 85.0 Å². The molecule has 0 spiro atoms. The minimum absolute atomic E-state index is 0.134. The summed E-state index contributed by atoms with van der Waals surface area (Å²) in [5, 5.41) is 9.24. The molecule has 3 aromatic rings. The summed E-state index contributed by atoms with van der Waals surface area (Å²) in [5.41, 5.74) is 3.97. The van der Waals surface area contributed by atoms with Gasteiger partial charge in [-0.25, -0.2) is 34.7 Å². The van der Waals surface area contributed by atoms with E-state index in [-0.39, 0.29) is 17.2 Å². The summed E-state index contributed by atoms with van der Waals surface area (Å²) in [7, 11) is 1.31. The standard InChI is InChI=1S/C9H9N3.C8H8N2O2.C6H6N2O2/c1-7-2-8(5-12-7)9-3-10-6-11-4-9;1-6(11)4-8(12)7-2-3-9-5-10-7;1-10-6(9)5-2-3-7-4-8-5/h2-4,6H,5H2,1H3;2-5,12H,1H3;2-4H,1H3. The number of carbonyl (C=O) groups excluding carboxylic acids is 2. The van der Waals surface area contributed by atoms with Gasteiger partial charge in [0.1, 0.15) is 30.4 Å².